The molecule has 0 fully saturated rings. The van der Waals surface area contributed by atoms with E-state index in [2.05, 4.69) is 5.32 Å². The number of quaternary nitrogens is 1. The molecule has 1 aromatic heterocycles. The molecule has 0 aliphatic heterocycles. The summed E-state index contributed by atoms with van der Waals surface area (Å²) in [6.07, 6.45) is 0. The molecular weight excluding hydrogens is 394 g/mol. The van der Waals surface area contributed by atoms with E-state index in [0.717, 1.165) is 22.0 Å². The number of anilines is 1. The summed E-state index contributed by atoms with van der Waals surface area (Å²) < 4.78 is 5.66. The molecule has 2 atom stereocenters. The normalized spacial score (nSPS) is 12.9. The van der Waals surface area contributed by atoms with Crippen LogP contribution in [0, 0.1) is 17.0 Å². The van der Waals surface area contributed by atoms with Crippen LogP contribution in [-0.2, 0) is 11.3 Å². The Bertz CT molecular complexity index is 1020. The number of nitrogens with one attached hydrogen (secondary N) is 2. The summed E-state index contributed by atoms with van der Waals surface area (Å²) in [5.41, 5.74) is 1.03. The molecule has 150 valence electrons. The molecule has 3 aromatic rings. The smallest absolute Gasteiger partial charge is 0.287 e. The number of rotatable bonds is 7. The SMILES string of the molecule is Cc1ccc(C[NH+](C)[C@H](C(=O)Nc2ccc([N+](=O)[O-])cc2Cl)c2ccccc2)o1. The minimum absolute atomic E-state index is 0.110. The summed E-state index contributed by atoms with van der Waals surface area (Å²) >= 11 is 6.14. The highest BCUT2D eigenvalue weighted by molar-refractivity contribution is 6.34. The number of carbonyl (C=O) groups excluding carboxylic acids is 1. The number of hydrogen-bond acceptors (Lipinski definition) is 4. The van der Waals surface area contributed by atoms with Gasteiger partial charge in [0.1, 0.15) is 12.3 Å². The van der Waals surface area contributed by atoms with Gasteiger partial charge in [-0.25, -0.2) is 0 Å². The Morgan fingerprint density at radius 1 is 1.21 bits per heavy atom. The zero-order valence-electron chi connectivity index (χ0n) is 16.0. The molecule has 0 saturated heterocycles. The lowest BCUT2D eigenvalue weighted by molar-refractivity contribution is -0.916. The molecular formula is C21H21ClN3O4+. The van der Waals surface area contributed by atoms with E-state index < -0.39 is 11.0 Å². The molecule has 29 heavy (non-hydrogen) atoms. The van der Waals surface area contributed by atoms with Crippen LogP contribution in [0.15, 0.2) is 65.1 Å². The van der Waals surface area contributed by atoms with Gasteiger partial charge in [-0.05, 0) is 25.1 Å². The van der Waals surface area contributed by atoms with E-state index in [1.807, 2.05) is 56.4 Å². The quantitative estimate of drug-likeness (QED) is 0.457. The first-order chi connectivity index (χ1) is 13.8. The number of furan rings is 1. The van der Waals surface area contributed by atoms with Crippen molar-refractivity contribution in [1.82, 2.24) is 0 Å². The fourth-order valence-corrected chi connectivity index (χ4v) is 3.41. The summed E-state index contributed by atoms with van der Waals surface area (Å²) in [7, 11) is 1.91. The molecule has 1 amide bonds. The van der Waals surface area contributed by atoms with Crippen molar-refractivity contribution in [3.63, 3.8) is 0 Å². The average Bonchev–Trinajstić information content (AvgIpc) is 3.09. The van der Waals surface area contributed by atoms with Gasteiger partial charge in [0, 0.05) is 17.7 Å². The minimum Gasteiger partial charge on any atom is -0.460 e. The van der Waals surface area contributed by atoms with Crippen LogP contribution in [-0.4, -0.2) is 17.9 Å². The molecule has 0 saturated carbocycles. The van der Waals surface area contributed by atoms with Crippen LogP contribution in [0.5, 0.6) is 0 Å². The zero-order valence-corrected chi connectivity index (χ0v) is 16.8. The van der Waals surface area contributed by atoms with Gasteiger partial charge in [0.2, 0.25) is 0 Å². The fourth-order valence-electron chi connectivity index (χ4n) is 3.19. The monoisotopic (exact) mass is 414 g/mol. The van der Waals surface area contributed by atoms with Crippen molar-refractivity contribution in [2.75, 3.05) is 12.4 Å². The summed E-state index contributed by atoms with van der Waals surface area (Å²) in [5.74, 6) is 1.32. The molecule has 0 aliphatic rings. The second-order valence-electron chi connectivity index (χ2n) is 6.79. The molecule has 1 unspecified atom stereocenters. The first-order valence-corrected chi connectivity index (χ1v) is 9.40. The maximum Gasteiger partial charge on any atom is 0.287 e. The number of halogens is 1. The summed E-state index contributed by atoms with van der Waals surface area (Å²) in [5, 5.41) is 13.8. The molecule has 7 nitrogen and oxygen atoms in total. The summed E-state index contributed by atoms with van der Waals surface area (Å²) in [6, 6.07) is 16.6. The van der Waals surface area contributed by atoms with Crippen molar-refractivity contribution in [3.8, 4) is 0 Å². The third kappa shape index (κ3) is 5.01. The highest BCUT2D eigenvalue weighted by Crippen LogP contribution is 2.27. The van der Waals surface area contributed by atoms with Crippen molar-refractivity contribution < 1.29 is 19.0 Å². The number of carbonyl (C=O) groups is 1. The molecule has 3 rings (SSSR count). The zero-order chi connectivity index (χ0) is 21.0. The lowest BCUT2D eigenvalue weighted by atomic mass is 10.0. The van der Waals surface area contributed by atoms with Crippen LogP contribution >= 0.6 is 11.6 Å². The van der Waals surface area contributed by atoms with E-state index in [-0.39, 0.29) is 16.6 Å². The lowest BCUT2D eigenvalue weighted by Gasteiger charge is -2.24. The first-order valence-electron chi connectivity index (χ1n) is 9.02. The fraction of sp³-hybridized carbons (Fsp3) is 0.190. The van der Waals surface area contributed by atoms with Crippen molar-refractivity contribution in [2.24, 2.45) is 0 Å². The summed E-state index contributed by atoms with van der Waals surface area (Å²) in [4.78, 5) is 24.4. The molecule has 0 bridgehead atoms. The van der Waals surface area contributed by atoms with Gasteiger partial charge in [0.15, 0.2) is 11.8 Å². The average molecular weight is 415 g/mol. The van der Waals surface area contributed by atoms with Gasteiger partial charge in [-0.2, -0.15) is 0 Å². The number of benzene rings is 2. The Balaban J connectivity index is 1.85. The van der Waals surface area contributed by atoms with Crippen LogP contribution in [0.25, 0.3) is 0 Å². The summed E-state index contributed by atoms with van der Waals surface area (Å²) in [6.45, 7) is 2.38. The Kier molecular flexibility index (Phi) is 6.31. The van der Waals surface area contributed by atoms with Crippen LogP contribution in [0.3, 0.4) is 0 Å². The Labute approximate surface area is 173 Å². The second kappa shape index (κ2) is 8.89. The van der Waals surface area contributed by atoms with Gasteiger partial charge < -0.3 is 14.6 Å². The highest BCUT2D eigenvalue weighted by Gasteiger charge is 2.30. The third-order valence-corrected chi connectivity index (χ3v) is 4.87. The molecule has 8 heteroatoms. The van der Waals surface area contributed by atoms with Crippen molar-refractivity contribution in [3.05, 3.63) is 92.9 Å². The van der Waals surface area contributed by atoms with E-state index >= 15 is 0 Å². The van der Waals surface area contributed by atoms with E-state index in [9.17, 15) is 14.9 Å². The van der Waals surface area contributed by atoms with Crippen molar-refractivity contribution in [2.45, 2.75) is 19.5 Å². The standard InChI is InChI=1S/C21H20ClN3O4/c1-14-8-10-17(29-14)13-24(2)20(15-6-4-3-5-7-15)21(26)23-19-11-9-16(25(27)28)12-18(19)22/h3-12,20H,13H2,1-2H3,(H,23,26)/p+1/t20-/m0/s1. The number of hydrogen-bond donors (Lipinski definition) is 2. The molecule has 2 aromatic carbocycles. The van der Waals surface area contributed by atoms with Gasteiger partial charge >= 0.3 is 0 Å². The lowest BCUT2D eigenvalue weighted by Crippen LogP contribution is -3.09. The second-order valence-corrected chi connectivity index (χ2v) is 7.20. The Morgan fingerprint density at radius 2 is 1.93 bits per heavy atom. The molecule has 0 spiro atoms. The third-order valence-electron chi connectivity index (χ3n) is 4.56. The topological polar surface area (TPSA) is 89.8 Å². The molecule has 0 radical (unpaired) electrons. The number of non-ortho nitro benzene ring substituents is 1. The number of nitrogens with zero attached hydrogens (tertiary/aromatic N) is 1. The molecule has 2 N–H and O–H groups in total. The number of likely N-dealkylation sites (N-methyl/N-ethyl adjacent to an activating group) is 1. The van der Waals surface area contributed by atoms with Crippen LogP contribution in [0.4, 0.5) is 11.4 Å². The maximum absolute atomic E-state index is 13.2. The maximum atomic E-state index is 13.2. The predicted octanol–water partition coefficient (Wildman–Crippen LogP) is 3.54. The minimum atomic E-state index is -0.534. The molecule has 1 heterocycles. The van der Waals surface area contributed by atoms with E-state index in [4.69, 9.17) is 16.0 Å². The van der Waals surface area contributed by atoms with E-state index in [1.165, 1.54) is 18.2 Å². The van der Waals surface area contributed by atoms with Crippen LogP contribution < -0.4 is 10.2 Å². The highest BCUT2D eigenvalue weighted by atomic mass is 35.5. The number of nitro groups is 1. The van der Waals surface area contributed by atoms with Gasteiger partial charge in [-0.15, -0.1) is 0 Å². The largest absolute Gasteiger partial charge is 0.460 e. The van der Waals surface area contributed by atoms with Gasteiger partial charge in [-0.3, -0.25) is 14.9 Å². The van der Waals surface area contributed by atoms with Crippen molar-refractivity contribution >= 4 is 28.9 Å². The van der Waals surface area contributed by atoms with E-state index in [1.54, 1.807) is 0 Å². The Hall–Kier alpha value is -3.16. The molecule has 0 aliphatic carbocycles. The van der Waals surface area contributed by atoms with Gasteiger partial charge in [0.25, 0.3) is 11.6 Å². The van der Waals surface area contributed by atoms with Gasteiger partial charge in [0.05, 0.1) is 22.7 Å². The predicted molar refractivity (Wildman–Crippen MR) is 110 cm³/mol. The number of aryl methyl sites for hydroxylation is 1. The van der Waals surface area contributed by atoms with Crippen molar-refractivity contribution in [1.29, 1.82) is 0 Å². The Morgan fingerprint density at radius 3 is 2.52 bits per heavy atom. The number of amides is 1. The first kappa shape index (κ1) is 20.6. The van der Waals surface area contributed by atoms with Crippen LogP contribution in [0.1, 0.15) is 23.1 Å². The van der Waals surface area contributed by atoms with E-state index in [0.29, 0.717) is 12.2 Å². The van der Waals surface area contributed by atoms with Crippen LogP contribution in [0.2, 0.25) is 5.02 Å². The number of nitro benzene ring substituents is 1. The van der Waals surface area contributed by atoms with Gasteiger partial charge in [-0.1, -0.05) is 41.9 Å².